The molecule has 2 aliphatic heterocycles. The molecule has 4 rings (SSSR count). The number of carbonyl (C=O) groups excluding carboxylic acids is 1. The van der Waals surface area contributed by atoms with E-state index in [4.69, 9.17) is 16.3 Å². The van der Waals surface area contributed by atoms with Crippen molar-refractivity contribution in [2.24, 2.45) is 5.92 Å². The Balaban J connectivity index is 1.44. The zero-order valence-corrected chi connectivity index (χ0v) is 15.9. The molecule has 2 bridgehead atoms. The Kier molecular flexibility index (Phi) is 5.51. The molecule has 4 nitrogen and oxygen atoms in total. The van der Waals surface area contributed by atoms with Gasteiger partial charge in [-0.1, -0.05) is 17.7 Å². The molecule has 0 aromatic heterocycles. The van der Waals surface area contributed by atoms with Crippen molar-refractivity contribution >= 4 is 23.4 Å². The topological polar surface area (TPSA) is 50.4 Å². The van der Waals surface area contributed by atoms with Gasteiger partial charge in [0.2, 0.25) is 0 Å². The van der Waals surface area contributed by atoms with Crippen molar-refractivity contribution in [3.8, 4) is 11.1 Å². The van der Waals surface area contributed by atoms with Crippen LogP contribution < -0.4 is 10.6 Å². The number of ether oxygens (including phenoxy) is 1. The zero-order valence-electron chi connectivity index (χ0n) is 15.2. The van der Waals surface area contributed by atoms with Gasteiger partial charge in [0.05, 0.1) is 17.3 Å². The second-order valence-corrected chi connectivity index (χ2v) is 7.92. The summed E-state index contributed by atoms with van der Waals surface area (Å²) < 4.78 is 32.6. The van der Waals surface area contributed by atoms with Gasteiger partial charge in [-0.2, -0.15) is 0 Å². The van der Waals surface area contributed by atoms with Crippen molar-refractivity contribution in [2.75, 3.05) is 11.9 Å². The van der Waals surface area contributed by atoms with Crippen LogP contribution in [0.25, 0.3) is 11.1 Å². The van der Waals surface area contributed by atoms with Crippen LogP contribution in [0.4, 0.5) is 19.3 Å². The van der Waals surface area contributed by atoms with Crippen molar-refractivity contribution in [3.05, 3.63) is 53.1 Å². The van der Waals surface area contributed by atoms with Crippen LogP contribution in [0, 0.1) is 17.6 Å². The number of fused-ring (bicyclic) bond motifs is 2. The van der Waals surface area contributed by atoms with Crippen LogP contribution in [0.5, 0.6) is 0 Å². The molecule has 28 heavy (non-hydrogen) atoms. The molecule has 0 radical (unpaired) electrons. The molecule has 7 heteroatoms. The van der Waals surface area contributed by atoms with Gasteiger partial charge in [0, 0.05) is 17.6 Å². The average Bonchev–Trinajstić information content (AvgIpc) is 3.02. The summed E-state index contributed by atoms with van der Waals surface area (Å²) in [6.45, 7) is 0.361. The summed E-state index contributed by atoms with van der Waals surface area (Å²) >= 11 is 5.84. The molecular weight excluding hydrogens is 386 g/mol. The van der Waals surface area contributed by atoms with Crippen molar-refractivity contribution < 1.29 is 18.3 Å². The Morgan fingerprint density at radius 3 is 2.61 bits per heavy atom. The number of piperidine rings is 1. The van der Waals surface area contributed by atoms with Crippen LogP contribution in [-0.2, 0) is 4.74 Å². The quantitative estimate of drug-likeness (QED) is 0.718. The van der Waals surface area contributed by atoms with Gasteiger partial charge in [-0.05, 0) is 67.5 Å². The molecule has 2 fully saturated rings. The summed E-state index contributed by atoms with van der Waals surface area (Å²) in [5.74, 6) is -0.681. The Hall–Kier alpha value is -2.18. The Bertz CT molecular complexity index is 881. The van der Waals surface area contributed by atoms with Crippen molar-refractivity contribution in [2.45, 2.75) is 37.8 Å². The third-order valence-electron chi connectivity index (χ3n) is 5.47. The lowest BCUT2D eigenvalue weighted by molar-refractivity contribution is 0.122. The van der Waals surface area contributed by atoms with Crippen LogP contribution in [-0.4, -0.2) is 24.8 Å². The van der Waals surface area contributed by atoms with Gasteiger partial charge in [0.25, 0.3) is 0 Å². The monoisotopic (exact) mass is 406 g/mol. The zero-order chi connectivity index (χ0) is 19.7. The average molecular weight is 407 g/mol. The first kappa shape index (κ1) is 19.2. The van der Waals surface area contributed by atoms with Gasteiger partial charge >= 0.3 is 6.09 Å². The SMILES string of the molecule is O=C(Nc1ccc(F)cc1-c1ccc(F)c(Cl)c1)OCC1CC2CCC(C1)N2. The molecule has 2 aromatic carbocycles. The normalized spacial score (nSPS) is 23.5. The molecule has 1 amide bonds. The van der Waals surface area contributed by atoms with Gasteiger partial charge in [-0.3, -0.25) is 5.32 Å². The minimum atomic E-state index is -0.591. The van der Waals surface area contributed by atoms with Crippen LogP contribution in [0.15, 0.2) is 36.4 Å². The minimum absolute atomic E-state index is 0.0733. The highest BCUT2D eigenvalue weighted by Crippen LogP contribution is 2.33. The summed E-state index contributed by atoms with van der Waals surface area (Å²) in [6.07, 6.45) is 3.81. The Morgan fingerprint density at radius 2 is 1.89 bits per heavy atom. The fraction of sp³-hybridized carbons (Fsp3) is 0.381. The van der Waals surface area contributed by atoms with E-state index in [0.717, 1.165) is 12.8 Å². The number of amides is 1. The highest BCUT2D eigenvalue weighted by molar-refractivity contribution is 6.31. The second-order valence-electron chi connectivity index (χ2n) is 7.52. The lowest BCUT2D eigenvalue weighted by Gasteiger charge is -2.28. The van der Waals surface area contributed by atoms with Gasteiger partial charge in [0.1, 0.15) is 11.6 Å². The number of hydrogen-bond acceptors (Lipinski definition) is 3. The van der Waals surface area contributed by atoms with Crippen LogP contribution in [0.2, 0.25) is 5.02 Å². The standard InChI is InChI=1S/C21H21ClF2N2O2/c22-18-9-13(1-5-19(18)24)17-10-14(23)2-6-20(17)26-21(27)28-11-12-7-15-3-4-16(8-12)25-15/h1-2,5-6,9-10,12,15-16,25H,3-4,7-8,11H2,(H,26,27). The number of halogens is 3. The number of anilines is 1. The number of nitrogens with one attached hydrogen (secondary N) is 2. The molecule has 0 saturated carbocycles. The highest BCUT2D eigenvalue weighted by atomic mass is 35.5. The van der Waals surface area contributed by atoms with Crippen LogP contribution in [0.1, 0.15) is 25.7 Å². The number of rotatable bonds is 4. The highest BCUT2D eigenvalue weighted by Gasteiger charge is 2.33. The fourth-order valence-electron chi connectivity index (χ4n) is 4.18. The first-order chi connectivity index (χ1) is 13.5. The molecule has 148 valence electrons. The summed E-state index contributed by atoms with van der Waals surface area (Å²) in [4.78, 5) is 12.3. The molecule has 2 aromatic rings. The summed E-state index contributed by atoms with van der Waals surface area (Å²) in [5, 5.41) is 6.15. The number of hydrogen-bond donors (Lipinski definition) is 2. The molecule has 2 atom stereocenters. The van der Waals surface area contributed by atoms with E-state index in [9.17, 15) is 13.6 Å². The van der Waals surface area contributed by atoms with E-state index in [2.05, 4.69) is 10.6 Å². The molecule has 2 unspecified atom stereocenters. The molecule has 0 spiro atoms. The molecule has 2 heterocycles. The third kappa shape index (κ3) is 4.28. The third-order valence-corrected chi connectivity index (χ3v) is 5.76. The molecule has 2 N–H and O–H groups in total. The van der Waals surface area contributed by atoms with Crippen molar-refractivity contribution in [1.29, 1.82) is 0 Å². The van der Waals surface area contributed by atoms with E-state index >= 15 is 0 Å². The van der Waals surface area contributed by atoms with Gasteiger partial charge in [-0.25, -0.2) is 13.6 Å². The maximum Gasteiger partial charge on any atom is 0.411 e. The van der Waals surface area contributed by atoms with Crippen LogP contribution >= 0.6 is 11.6 Å². The van der Waals surface area contributed by atoms with E-state index in [0.29, 0.717) is 41.4 Å². The van der Waals surface area contributed by atoms with Gasteiger partial charge in [0.15, 0.2) is 0 Å². The van der Waals surface area contributed by atoms with Crippen molar-refractivity contribution in [1.82, 2.24) is 5.32 Å². The second kappa shape index (κ2) is 8.05. The maximum atomic E-state index is 13.8. The maximum absolute atomic E-state index is 13.8. The van der Waals surface area contributed by atoms with Crippen molar-refractivity contribution in [3.63, 3.8) is 0 Å². The van der Waals surface area contributed by atoms with E-state index in [-0.39, 0.29) is 5.02 Å². The predicted molar refractivity (Wildman–Crippen MR) is 104 cm³/mol. The Labute approximate surface area is 167 Å². The predicted octanol–water partition coefficient (Wildman–Crippen LogP) is 5.36. The summed E-state index contributed by atoms with van der Waals surface area (Å²) in [6, 6.07) is 9.11. The number of benzene rings is 2. The lowest BCUT2D eigenvalue weighted by Crippen LogP contribution is -2.39. The lowest BCUT2D eigenvalue weighted by atomic mass is 9.93. The van der Waals surface area contributed by atoms with E-state index < -0.39 is 17.7 Å². The van der Waals surface area contributed by atoms with Gasteiger partial charge in [-0.15, -0.1) is 0 Å². The van der Waals surface area contributed by atoms with Crippen LogP contribution in [0.3, 0.4) is 0 Å². The first-order valence-electron chi connectivity index (χ1n) is 9.43. The Morgan fingerprint density at radius 1 is 1.14 bits per heavy atom. The summed E-state index contributed by atoms with van der Waals surface area (Å²) in [7, 11) is 0. The summed E-state index contributed by atoms with van der Waals surface area (Å²) in [5.41, 5.74) is 1.27. The number of carbonyl (C=O) groups is 1. The molecule has 2 saturated heterocycles. The van der Waals surface area contributed by atoms with E-state index in [1.54, 1.807) is 0 Å². The van der Waals surface area contributed by atoms with E-state index in [1.165, 1.54) is 49.2 Å². The first-order valence-corrected chi connectivity index (χ1v) is 9.80. The minimum Gasteiger partial charge on any atom is -0.449 e. The van der Waals surface area contributed by atoms with Gasteiger partial charge < -0.3 is 10.1 Å². The molecule has 2 aliphatic rings. The molecular formula is C21H21ClF2N2O2. The largest absolute Gasteiger partial charge is 0.449 e. The molecule has 0 aliphatic carbocycles. The van der Waals surface area contributed by atoms with E-state index in [1.807, 2.05) is 0 Å². The fourth-order valence-corrected chi connectivity index (χ4v) is 4.36. The smallest absolute Gasteiger partial charge is 0.411 e.